The molecule has 0 saturated heterocycles. The molecule has 2 N–H and O–H groups in total. The van der Waals surface area contributed by atoms with E-state index < -0.39 is 0 Å². The van der Waals surface area contributed by atoms with Gasteiger partial charge in [-0.2, -0.15) is 0 Å². The predicted molar refractivity (Wildman–Crippen MR) is 112 cm³/mol. The number of halogens is 1. The lowest BCUT2D eigenvalue weighted by atomic mass is 10.1. The zero-order chi connectivity index (χ0) is 15.9. The molecule has 0 aliphatic heterocycles. The van der Waals surface area contributed by atoms with E-state index in [1.54, 1.807) is 7.05 Å². The van der Waals surface area contributed by atoms with Gasteiger partial charge in [-0.1, -0.05) is 48.6 Å². The molecule has 1 aliphatic carbocycles. The van der Waals surface area contributed by atoms with Gasteiger partial charge in [-0.25, -0.2) is 0 Å². The van der Waals surface area contributed by atoms with Crippen molar-refractivity contribution >= 4 is 40.7 Å². The molecule has 0 saturated carbocycles. The second-order valence-corrected chi connectivity index (χ2v) is 5.61. The zero-order valence-corrected chi connectivity index (χ0v) is 16.2. The summed E-state index contributed by atoms with van der Waals surface area (Å²) in [6.45, 7) is 1.31. The minimum absolute atomic E-state index is 0. The molecular weight excluding hydrogens is 413 g/mol. The molecule has 4 nitrogen and oxygen atoms in total. The molecule has 0 bridgehead atoms. The number of nitrogens with one attached hydrogen (secondary N) is 2. The normalized spacial score (nSPS) is 14.5. The van der Waals surface area contributed by atoms with Crippen molar-refractivity contribution in [3.05, 3.63) is 54.6 Å². The van der Waals surface area contributed by atoms with Crippen molar-refractivity contribution in [3.63, 3.8) is 0 Å². The maximum absolute atomic E-state index is 5.93. The van der Waals surface area contributed by atoms with Crippen LogP contribution in [-0.2, 0) is 0 Å². The summed E-state index contributed by atoms with van der Waals surface area (Å²) < 4.78 is 5.93. The molecular formula is C19H24IN3O. The molecule has 1 aliphatic rings. The van der Waals surface area contributed by atoms with Crippen LogP contribution in [0.5, 0.6) is 5.75 Å². The molecule has 2 aromatic carbocycles. The van der Waals surface area contributed by atoms with Crippen LogP contribution < -0.4 is 15.4 Å². The summed E-state index contributed by atoms with van der Waals surface area (Å²) in [5.41, 5.74) is 0. The van der Waals surface area contributed by atoms with Gasteiger partial charge in [-0.15, -0.1) is 24.0 Å². The summed E-state index contributed by atoms with van der Waals surface area (Å²) in [6.07, 6.45) is 6.53. The second-order valence-electron chi connectivity index (χ2n) is 5.61. The van der Waals surface area contributed by atoms with Crippen LogP contribution in [0.1, 0.15) is 12.8 Å². The third-order valence-corrected chi connectivity index (χ3v) is 3.97. The fraction of sp³-hybridized carbons (Fsp3) is 0.316. The van der Waals surface area contributed by atoms with Crippen molar-refractivity contribution in [2.24, 2.45) is 4.99 Å². The quantitative estimate of drug-likeness (QED) is 0.247. The highest BCUT2D eigenvalue weighted by Crippen LogP contribution is 2.24. The first-order chi connectivity index (χ1) is 11.4. The lowest BCUT2D eigenvalue weighted by Crippen LogP contribution is -2.43. The van der Waals surface area contributed by atoms with Crippen LogP contribution in [0.3, 0.4) is 0 Å². The molecule has 24 heavy (non-hydrogen) atoms. The Kier molecular flexibility index (Phi) is 7.36. The van der Waals surface area contributed by atoms with Gasteiger partial charge in [0.25, 0.3) is 0 Å². The molecule has 0 radical (unpaired) electrons. The van der Waals surface area contributed by atoms with Crippen LogP contribution in [0.2, 0.25) is 0 Å². The Morgan fingerprint density at radius 2 is 1.88 bits per heavy atom. The summed E-state index contributed by atoms with van der Waals surface area (Å²) >= 11 is 0. The summed E-state index contributed by atoms with van der Waals surface area (Å²) in [6, 6.07) is 14.9. The van der Waals surface area contributed by atoms with Crippen molar-refractivity contribution < 1.29 is 4.74 Å². The fourth-order valence-electron chi connectivity index (χ4n) is 2.78. The lowest BCUT2D eigenvalue weighted by Gasteiger charge is -2.17. The van der Waals surface area contributed by atoms with E-state index in [1.807, 2.05) is 24.3 Å². The number of rotatable bonds is 5. The summed E-state index contributed by atoms with van der Waals surface area (Å²) in [7, 11) is 1.79. The smallest absolute Gasteiger partial charge is 0.191 e. The predicted octanol–water partition coefficient (Wildman–Crippen LogP) is 3.72. The van der Waals surface area contributed by atoms with Crippen LogP contribution in [-0.4, -0.2) is 32.2 Å². The van der Waals surface area contributed by atoms with Gasteiger partial charge in [-0.05, 0) is 24.3 Å². The van der Waals surface area contributed by atoms with Gasteiger partial charge in [0.15, 0.2) is 5.96 Å². The van der Waals surface area contributed by atoms with E-state index in [4.69, 9.17) is 4.74 Å². The minimum atomic E-state index is 0. The fourth-order valence-corrected chi connectivity index (χ4v) is 2.78. The first-order valence-corrected chi connectivity index (χ1v) is 8.09. The number of hydrogen-bond acceptors (Lipinski definition) is 2. The van der Waals surface area contributed by atoms with E-state index in [1.165, 1.54) is 5.39 Å². The maximum atomic E-state index is 5.93. The third kappa shape index (κ3) is 4.87. The number of aliphatic imine (C=N–C) groups is 1. The molecule has 0 aromatic heterocycles. The molecule has 5 heteroatoms. The molecule has 2 aromatic rings. The van der Waals surface area contributed by atoms with E-state index in [0.717, 1.165) is 29.9 Å². The number of nitrogens with zero attached hydrogens (tertiary/aromatic N) is 1. The Morgan fingerprint density at radius 1 is 1.12 bits per heavy atom. The van der Waals surface area contributed by atoms with Gasteiger partial charge in [0, 0.05) is 18.5 Å². The molecule has 3 rings (SSSR count). The Hall–Kier alpha value is -1.76. The van der Waals surface area contributed by atoms with Gasteiger partial charge >= 0.3 is 0 Å². The Bertz CT molecular complexity index is 701. The van der Waals surface area contributed by atoms with E-state index in [-0.39, 0.29) is 24.0 Å². The highest BCUT2D eigenvalue weighted by atomic mass is 127. The third-order valence-electron chi connectivity index (χ3n) is 3.97. The summed E-state index contributed by atoms with van der Waals surface area (Å²) in [5, 5.41) is 9.06. The largest absolute Gasteiger partial charge is 0.491 e. The average Bonchev–Trinajstić information content (AvgIpc) is 3.10. The lowest BCUT2D eigenvalue weighted by molar-refractivity contribution is 0.325. The van der Waals surface area contributed by atoms with Gasteiger partial charge in [0.05, 0.1) is 6.54 Å². The van der Waals surface area contributed by atoms with Crippen LogP contribution in [0.25, 0.3) is 10.8 Å². The van der Waals surface area contributed by atoms with Crippen molar-refractivity contribution in [2.75, 3.05) is 20.2 Å². The highest BCUT2D eigenvalue weighted by molar-refractivity contribution is 14.0. The monoisotopic (exact) mass is 437 g/mol. The van der Waals surface area contributed by atoms with Gasteiger partial charge in [0.2, 0.25) is 0 Å². The first-order valence-electron chi connectivity index (χ1n) is 8.09. The van der Waals surface area contributed by atoms with Crippen molar-refractivity contribution in [2.45, 2.75) is 18.9 Å². The molecule has 0 spiro atoms. The van der Waals surface area contributed by atoms with Crippen LogP contribution in [0, 0.1) is 0 Å². The molecule has 128 valence electrons. The van der Waals surface area contributed by atoms with Crippen molar-refractivity contribution in [1.29, 1.82) is 0 Å². The first kappa shape index (κ1) is 18.6. The Labute approximate surface area is 160 Å². The van der Waals surface area contributed by atoms with Crippen molar-refractivity contribution in [1.82, 2.24) is 10.6 Å². The van der Waals surface area contributed by atoms with E-state index in [2.05, 4.69) is 46.0 Å². The molecule has 0 atom stereocenters. The van der Waals surface area contributed by atoms with E-state index in [9.17, 15) is 0 Å². The number of ether oxygens (including phenoxy) is 1. The summed E-state index contributed by atoms with van der Waals surface area (Å²) in [4.78, 5) is 4.26. The number of guanidine groups is 1. The standard InChI is InChI=1S/C19H23N3O.HI/c1-20-19(22-16-9-3-4-10-16)21-13-14-23-18-12-6-8-15-7-2-5-11-17(15)18;/h2-8,11-12,16H,9-10,13-14H2,1H3,(H2,20,21,22);1H. The van der Waals surface area contributed by atoms with Crippen LogP contribution in [0.4, 0.5) is 0 Å². The van der Waals surface area contributed by atoms with Crippen LogP contribution >= 0.6 is 24.0 Å². The topological polar surface area (TPSA) is 45.7 Å². The number of fused-ring (bicyclic) bond motifs is 1. The van der Waals surface area contributed by atoms with Gasteiger partial charge in [0.1, 0.15) is 12.4 Å². The van der Waals surface area contributed by atoms with Gasteiger partial charge < -0.3 is 15.4 Å². The number of benzene rings is 2. The Morgan fingerprint density at radius 3 is 2.67 bits per heavy atom. The van der Waals surface area contributed by atoms with Crippen molar-refractivity contribution in [3.8, 4) is 5.75 Å². The zero-order valence-electron chi connectivity index (χ0n) is 13.9. The molecule has 0 heterocycles. The molecule has 0 fully saturated rings. The van der Waals surface area contributed by atoms with E-state index in [0.29, 0.717) is 19.2 Å². The highest BCUT2D eigenvalue weighted by Gasteiger charge is 2.11. The molecule has 0 unspecified atom stereocenters. The SMILES string of the molecule is CN=C(NCCOc1cccc2ccccc12)NC1CC=CC1.I. The average molecular weight is 437 g/mol. The molecule has 0 amide bonds. The second kappa shape index (κ2) is 9.52. The Balaban J connectivity index is 0.00000208. The van der Waals surface area contributed by atoms with Crippen LogP contribution in [0.15, 0.2) is 59.6 Å². The minimum Gasteiger partial charge on any atom is -0.491 e. The maximum Gasteiger partial charge on any atom is 0.191 e. The van der Waals surface area contributed by atoms with E-state index >= 15 is 0 Å². The number of hydrogen-bond donors (Lipinski definition) is 2. The summed E-state index contributed by atoms with van der Waals surface area (Å²) in [5.74, 6) is 1.76. The van der Waals surface area contributed by atoms with Gasteiger partial charge in [-0.3, -0.25) is 4.99 Å².